The zero-order valence-electron chi connectivity index (χ0n) is 12.8. The van der Waals surface area contributed by atoms with Crippen molar-refractivity contribution in [1.82, 2.24) is 10.6 Å². The van der Waals surface area contributed by atoms with E-state index in [-0.39, 0.29) is 23.6 Å². The lowest BCUT2D eigenvalue weighted by atomic mass is 9.89. The molecular formula is C17H22N2O3. The number of hydrogen-bond acceptors (Lipinski definition) is 3. The molecule has 1 aromatic rings. The highest BCUT2D eigenvalue weighted by Crippen LogP contribution is 2.53. The molecule has 0 bridgehead atoms. The van der Waals surface area contributed by atoms with Crippen molar-refractivity contribution in [2.75, 3.05) is 6.54 Å². The van der Waals surface area contributed by atoms with Gasteiger partial charge in [0.2, 0.25) is 5.91 Å². The first-order chi connectivity index (χ1) is 10.5. The zero-order chi connectivity index (χ0) is 15.7. The molecule has 2 aliphatic rings. The van der Waals surface area contributed by atoms with Gasteiger partial charge in [-0.2, -0.15) is 0 Å². The number of carbonyl (C=O) groups excluding carboxylic acids is 1. The second-order valence-electron chi connectivity index (χ2n) is 6.62. The second-order valence-corrected chi connectivity index (χ2v) is 6.62. The SMILES string of the molecule is C[C@H](NC(=O)C1CC2(CCN1)CC2)c1ccc(C(=O)O)cc1. The Morgan fingerprint density at radius 3 is 2.55 bits per heavy atom. The molecule has 3 N–H and O–H groups in total. The summed E-state index contributed by atoms with van der Waals surface area (Å²) in [6.07, 6.45) is 4.63. The molecule has 1 aliphatic carbocycles. The van der Waals surface area contributed by atoms with E-state index in [4.69, 9.17) is 5.11 Å². The highest BCUT2D eigenvalue weighted by Gasteiger charge is 2.47. The molecule has 1 amide bonds. The minimum atomic E-state index is -0.940. The van der Waals surface area contributed by atoms with Crippen LogP contribution in [-0.2, 0) is 4.79 Å². The Hall–Kier alpha value is -1.88. The third-order valence-electron chi connectivity index (χ3n) is 4.97. The molecule has 1 saturated heterocycles. The summed E-state index contributed by atoms with van der Waals surface area (Å²) in [6.45, 7) is 2.84. The summed E-state index contributed by atoms with van der Waals surface area (Å²) in [5, 5.41) is 15.2. The Morgan fingerprint density at radius 2 is 1.95 bits per heavy atom. The van der Waals surface area contributed by atoms with Crippen LogP contribution in [-0.4, -0.2) is 29.6 Å². The molecule has 1 unspecified atom stereocenters. The summed E-state index contributed by atoms with van der Waals surface area (Å²) in [4.78, 5) is 23.3. The van der Waals surface area contributed by atoms with E-state index in [2.05, 4.69) is 10.6 Å². The van der Waals surface area contributed by atoms with Crippen molar-refractivity contribution in [1.29, 1.82) is 0 Å². The number of benzene rings is 1. The number of piperidine rings is 1. The Bertz CT molecular complexity index is 578. The minimum absolute atomic E-state index is 0.0424. The van der Waals surface area contributed by atoms with Gasteiger partial charge in [-0.15, -0.1) is 0 Å². The molecule has 1 heterocycles. The maximum Gasteiger partial charge on any atom is 0.335 e. The van der Waals surface area contributed by atoms with Gasteiger partial charge in [0.25, 0.3) is 0 Å². The third-order valence-corrected chi connectivity index (χ3v) is 4.97. The number of aromatic carboxylic acids is 1. The van der Waals surface area contributed by atoms with E-state index >= 15 is 0 Å². The number of carbonyl (C=O) groups is 2. The van der Waals surface area contributed by atoms with Gasteiger partial charge in [-0.1, -0.05) is 12.1 Å². The Labute approximate surface area is 130 Å². The predicted octanol–water partition coefficient (Wildman–Crippen LogP) is 2.09. The molecule has 5 heteroatoms. The Kier molecular flexibility index (Phi) is 3.91. The van der Waals surface area contributed by atoms with Crippen molar-refractivity contribution in [2.24, 2.45) is 5.41 Å². The lowest BCUT2D eigenvalue weighted by Gasteiger charge is -2.30. The van der Waals surface area contributed by atoms with Gasteiger partial charge in [0.1, 0.15) is 0 Å². The van der Waals surface area contributed by atoms with Gasteiger partial charge in [0.05, 0.1) is 17.6 Å². The van der Waals surface area contributed by atoms with Crippen molar-refractivity contribution in [3.8, 4) is 0 Å². The molecule has 1 aliphatic heterocycles. The normalized spacial score (nSPS) is 23.8. The largest absolute Gasteiger partial charge is 0.478 e. The van der Waals surface area contributed by atoms with E-state index in [9.17, 15) is 9.59 Å². The fraction of sp³-hybridized carbons (Fsp3) is 0.529. The third kappa shape index (κ3) is 3.14. The van der Waals surface area contributed by atoms with Crippen LogP contribution in [0.3, 0.4) is 0 Å². The molecule has 0 radical (unpaired) electrons. The second kappa shape index (κ2) is 5.72. The zero-order valence-corrected chi connectivity index (χ0v) is 12.8. The Morgan fingerprint density at radius 1 is 1.27 bits per heavy atom. The first kappa shape index (κ1) is 15.0. The molecule has 0 aromatic heterocycles. The topological polar surface area (TPSA) is 78.4 Å². The molecule has 1 aromatic carbocycles. The van der Waals surface area contributed by atoms with Crippen LogP contribution < -0.4 is 10.6 Å². The smallest absolute Gasteiger partial charge is 0.335 e. The van der Waals surface area contributed by atoms with Crippen LogP contribution in [0.2, 0.25) is 0 Å². The first-order valence-electron chi connectivity index (χ1n) is 7.86. The summed E-state index contributed by atoms with van der Waals surface area (Å²) in [6, 6.07) is 6.42. The van der Waals surface area contributed by atoms with Gasteiger partial charge in [0, 0.05) is 0 Å². The summed E-state index contributed by atoms with van der Waals surface area (Å²) >= 11 is 0. The van der Waals surface area contributed by atoms with Crippen LogP contribution in [0.1, 0.15) is 54.6 Å². The maximum absolute atomic E-state index is 12.4. The summed E-state index contributed by atoms with van der Waals surface area (Å²) in [5.74, 6) is -0.898. The standard InChI is InChI=1S/C17H22N2O3/c1-11(12-2-4-13(5-3-12)16(21)22)19-15(20)14-10-17(6-7-17)8-9-18-14/h2-5,11,14,18H,6-10H2,1H3,(H,19,20)(H,21,22)/t11-,14?/m0/s1. The van der Waals surface area contributed by atoms with Crippen molar-refractivity contribution in [3.63, 3.8) is 0 Å². The molecule has 2 atom stereocenters. The van der Waals surface area contributed by atoms with Crippen LogP contribution in [0.4, 0.5) is 0 Å². The Balaban J connectivity index is 1.59. The van der Waals surface area contributed by atoms with E-state index in [0.717, 1.165) is 18.5 Å². The van der Waals surface area contributed by atoms with Gasteiger partial charge < -0.3 is 15.7 Å². The molecule has 118 valence electrons. The van der Waals surface area contributed by atoms with E-state index < -0.39 is 5.97 Å². The minimum Gasteiger partial charge on any atom is -0.478 e. The predicted molar refractivity (Wildman–Crippen MR) is 82.7 cm³/mol. The number of amides is 1. The number of hydrogen-bond donors (Lipinski definition) is 3. The van der Waals surface area contributed by atoms with Crippen LogP contribution in [0.25, 0.3) is 0 Å². The first-order valence-corrected chi connectivity index (χ1v) is 7.86. The van der Waals surface area contributed by atoms with Crippen LogP contribution in [0, 0.1) is 5.41 Å². The van der Waals surface area contributed by atoms with E-state index in [1.807, 2.05) is 6.92 Å². The molecule has 5 nitrogen and oxygen atoms in total. The highest BCUT2D eigenvalue weighted by molar-refractivity contribution is 5.87. The van der Waals surface area contributed by atoms with Crippen molar-refractivity contribution < 1.29 is 14.7 Å². The van der Waals surface area contributed by atoms with Gasteiger partial charge in [-0.25, -0.2) is 4.79 Å². The van der Waals surface area contributed by atoms with E-state index in [1.165, 1.54) is 19.3 Å². The summed E-state index contributed by atoms with van der Waals surface area (Å²) in [7, 11) is 0. The van der Waals surface area contributed by atoms with Crippen molar-refractivity contribution >= 4 is 11.9 Å². The average Bonchev–Trinajstić information content (AvgIpc) is 3.26. The molecule has 1 saturated carbocycles. The lowest BCUT2D eigenvalue weighted by Crippen LogP contribution is -2.49. The van der Waals surface area contributed by atoms with E-state index in [1.54, 1.807) is 24.3 Å². The number of nitrogens with one attached hydrogen (secondary N) is 2. The van der Waals surface area contributed by atoms with Crippen LogP contribution in [0.15, 0.2) is 24.3 Å². The van der Waals surface area contributed by atoms with Crippen LogP contribution in [0.5, 0.6) is 0 Å². The summed E-state index contributed by atoms with van der Waals surface area (Å²) in [5.41, 5.74) is 1.60. The highest BCUT2D eigenvalue weighted by atomic mass is 16.4. The van der Waals surface area contributed by atoms with E-state index in [0.29, 0.717) is 5.41 Å². The fourth-order valence-electron chi connectivity index (χ4n) is 3.25. The monoisotopic (exact) mass is 302 g/mol. The van der Waals surface area contributed by atoms with Gasteiger partial charge in [-0.3, -0.25) is 4.79 Å². The van der Waals surface area contributed by atoms with Gasteiger partial charge >= 0.3 is 5.97 Å². The molecular weight excluding hydrogens is 280 g/mol. The molecule has 1 spiro atoms. The maximum atomic E-state index is 12.4. The molecule has 22 heavy (non-hydrogen) atoms. The van der Waals surface area contributed by atoms with Gasteiger partial charge in [0.15, 0.2) is 0 Å². The average molecular weight is 302 g/mol. The van der Waals surface area contributed by atoms with Gasteiger partial charge in [-0.05, 0) is 62.3 Å². The van der Waals surface area contributed by atoms with Crippen molar-refractivity contribution in [2.45, 2.75) is 44.7 Å². The fourth-order valence-corrected chi connectivity index (χ4v) is 3.25. The lowest BCUT2D eigenvalue weighted by molar-refractivity contribution is -0.124. The summed E-state index contributed by atoms with van der Waals surface area (Å²) < 4.78 is 0. The molecule has 2 fully saturated rings. The van der Waals surface area contributed by atoms with Crippen molar-refractivity contribution in [3.05, 3.63) is 35.4 Å². The number of carboxylic acids is 1. The number of rotatable bonds is 4. The molecule has 3 rings (SSSR count). The quantitative estimate of drug-likeness (QED) is 0.796. The van der Waals surface area contributed by atoms with Crippen LogP contribution >= 0.6 is 0 Å². The number of carboxylic acid groups (broad SMARTS) is 1.